The predicted molar refractivity (Wildman–Crippen MR) is 62.8 cm³/mol. The Kier molecular flexibility index (Phi) is 4.44. The third kappa shape index (κ3) is 3.74. The van der Waals surface area contributed by atoms with E-state index in [1.54, 1.807) is 7.05 Å². The second kappa shape index (κ2) is 5.83. The van der Waals surface area contributed by atoms with Crippen LogP contribution in [0.15, 0.2) is 5.11 Å². The first kappa shape index (κ1) is 12.9. The standard InChI is InChI=1S/C8H14N8O/c1-5(2)10-6-11-7(14-15-9)13-8(12-6)16(3)17-4/h5H,1-4H3,(H,10,11,12,13). The van der Waals surface area contributed by atoms with Crippen molar-refractivity contribution < 1.29 is 4.84 Å². The molecule has 0 fully saturated rings. The Hall–Kier alpha value is -2.12. The van der Waals surface area contributed by atoms with Crippen molar-refractivity contribution in [3.63, 3.8) is 0 Å². The van der Waals surface area contributed by atoms with Gasteiger partial charge < -0.3 is 5.32 Å². The second-order valence-electron chi connectivity index (χ2n) is 3.43. The highest BCUT2D eigenvalue weighted by atomic mass is 16.7. The van der Waals surface area contributed by atoms with Crippen molar-refractivity contribution in [2.24, 2.45) is 5.11 Å². The predicted octanol–water partition coefficient (Wildman–Crippen LogP) is 1.63. The summed E-state index contributed by atoms with van der Waals surface area (Å²) in [5, 5.41) is 7.68. The third-order valence-electron chi connectivity index (χ3n) is 1.72. The Morgan fingerprint density at radius 3 is 2.65 bits per heavy atom. The summed E-state index contributed by atoms with van der Waals surface area (Å²) in [5.74, 6) is 0.578. The molecule has 0 saturated carbocycles. The lowest BCUT2D eigenvalue weighted by molar-refractivity contribution is 0.180. The molecule has 0 aliphatic heterocycles. The molecule has 1 aromatic rings. The molecule has 9 heteroatoms. The van der Waals surface area contributed by atoms with Gasteiger partial charge in [-0.25, -0.2) is 5.06 Å². The molecule has 0 aliphatic rings. The number of hydroxylamine groups is 1. The highest BCUT2D eigenvalue weighted by molar-refractivity contribution is 5.39. The van der Waals surface area contributed by atoms with Gasteiger partial charge in [0.2, 0.25) is 11.9 Å². The van der Waals surface area contributed by atoms with Crippen LogP contribution in [0.4, 0.5) is 17.8 Å². The van der Waals surface area contributed by atoms with Crippen LogP contribution < -0.4 is 10.4 Å². The Morgan fingerprint density at radius 1 is 1.41 bits per heavy atom. The molecule has 0 radical (unpaired) electrons. The van der Waals surface area contributed by atoms with Gasteiger partial charge in [-0.05, 0) is 24.5 Å². The molecule has 1 heterocycles. The lowest BCUT2D eigenvalue weighted by atomic mass is 10.4. The van der Waals surface area contributed by atoms with Gasteiger partial charge in [-0.3, -0.25) is 4.84 Å². The SMILES string of the molecule is CON(C)c1nc(N=[N+]=[N-])nc(NC(C)C)n1. The maximum Gasteiger partial charge on any atom is 0.254 e. The summed E-state index contributed by atoms with van der Waals surface area (Å²) in [6, 6.07) is 0.150. The highest BCUT2D eigenvalue weighted by Gasteiger charge is 2.09. The fourth-order valence-electron chi connectivity index (χ4n) is 0.984. The lowest BCUT2D eigenvalue weighted by Crippen LogP contribution is -2.20. The van der Waals surface area contributed by atoms with Gasteiger partial charge in [0.05, 0.1) is 7.11 Å². The van der Waals surface area contributed by atoms with E-state index in [-0.39, 0.29) is 17.9 Å². The maximum atomic E-state index is 8.37. The van der Waals surface area contributed by atoms with Crippen molar-refractivity contribution in [1.29, 1.82) is 0 Å². The number of rotatable bonds is 5. The second-order valence-corrected chi connectivity index (χ2v) is 3.43. The van der Waals surface area contributed by atoms with Gasteiger partial charge in [0.15, 0.2) is 0 Å². The van der Waals surface area contributed by atoms with E-state index in [0.29, 0.717) is 5.95 Å². The number of hydrogen-bond donors (Lipinski definition) is 1. The summed E-state index contributed by atoms with van der Waals surface area (Å²) in [5.41, 5.74) is 8.37. The Labute approximate surface area is 98.4 Å². The molecule has 1 N–H and O–H groups in total. The van der Waals surface area contributed by atoms with Gasteiger partial charge in [-0.15, -0.1) is 0 Å². The number of nitrogens with zero attached hydrogens (tertiary/aromatic N) is 7. The summed E-state index contributed by atoms with van der Waals surface area (Å²) in [6.07, 6.45) is 0. The van der Waals surface area contributed by atoms with Crippen molar-refractivity contribution in [3.05, 3.63) is 10.4 Å². The summed E-state index contributed by atoms with van der Waals surface area (Å²) in [6.45, 7) is 3.88. The molecule has 0 aromatic carbocycles. The summed E-state index contributed by atoms with van der Waals surface area (Å²) >= 11 is 0. The van der Waals surface area contributed by atoms with E-state index in [2.05, 4.69) is 30.3 Å². The first-order valence-corrected chi connectivity index (χ1v) is 4.92. The monoisotopic (exact) mass is 238 g/mol. The van der Waals surface area contributed by atoms with Gasteiger partial charge in [0.25, 0.3) is 5.95 Å². The minimum Gasteiger partial charge on any atom is -0.352 e. The van der Waals surface area contributed by atoms with E-state index in [1.165, 1.54) is 12.2 Å². The average molecular weight is 238 g/mol. The molecule has 0 saturated heterocycles. The first-order valence-electron chi connectivity index (χ1n) is 4.92. The molecule has 0 bridgehead atoms. The summed E-state index contributed by atoms with van der Waals surface area (Å²) in [4.78, 5) is 19.6. The van der Waals surface area contributed by atoms with E-state index in [1.807, 2.05) is 13.8 Å². The van der Waals surface area contributed by atoms with Gasteiger partial charge in [-0.2, -0.15) is 15.0 Å². The fourth-order valence-corrected chi connectivity index (χ4v) is 0.984. The van der Waals surface area contributed by atoms with Crippen LogP contribution >= 0.6 is 0 Å². The minimum absolute atomic E-state index is 0.00968. The normalized spacial score (nSPS) is 9.94. The first-order chi connectivity index (χ1) is 8.06. The number of hydrogen-bond acceptors (Lipinski definition) is 7. The molecule has 1 rings (SSSR count). The van der Waals surface area contributed by atoms with E-state index in [0.717, 1.165) is 0 Å². The molecule has 0 aliphatic carbocycles. The summed E-state index contributed by atoms with van der Waals surface area (Å²) < 4.78 is 0. The van der Waals surface area contributed by atoms with E-state index in [9.17, 15) is 0 Å². The third-order valence-corrected chi connectivity index (χ3v) is 1.72. The Morgan fingerprint density at radius 2 is 2.12 bits per heavy atom. The highest BCUT2D eigenvalue weighted by Crippen LogP contribution is 2.15. The van der Waals surface area contributed by atoms with Crippen LogP contribution in [0.1, 0.15) is 13.8 Å². The van der Waals surface area contributed by atoms with Gasteiger partial charge >= 0.3 is 0 Å². The number of azide groups is 1. The number of aromatic nitrogens is 3. The zero-order valence-electron chi connectivity index (χ0n) is 10.1. The molecule has 0 spiro atoms. The van der Waals surface area contributed by atoms with Crippen molar-refractivity contribution >= 4 is 17.8 Å². The van der Waals surface area contributed by atoms with Crippen LogP contribution in [0.25, 0.3) is 10.4 Å². The van der Waals surface area contributed by atoms with E-state index < -0.39 is 0 Å². The van der Waals surface area contributed by atoms with Gasteiger partial charge in [0, 0.05) is 18.0 Å². The van der Waals surface area contributed by atoms with E-state index in [4.69, 9.17) is 10.4 Å². The number of nitrogens with one attached hydrogen (secondary N) is 1. The zero-order chi connectivity index (χ0) is 12.8. The van der Waals surface area contributed by atoms with Crippen molar-refractivity contribution in [3.8, 4) is 0 Å². The summed E-state index contributed by atoms with van der Waals surface area (Å²) in [7, 11) is 3.11. The zero-order valence-corrected chi connectivity index (χ0v) is 10.1. The average Bonchev–Trinajstić information content (AvgIpc) is 2.27. The fraction of sp³-hybridized carbons (Fsp3) is 0.625. The van der Waals surface area contributed by atoms with Crippen LogP contribution in [-0.2, 0) is 4.84 Å². The maximum absolute atomic E-state index is 8.37. The van der Waals surface area contributed by atoms with Crippen LogP contribution in [0.2, 0.25) is 0 Å². The smallest absolute Gasteiger partial charge is 0.254 e. The molecule has 0 unspecified atom stereocenters. The molecule has 9 nitrogen and oxygen atoms in total. The quantitative estimate of drug-likeness (QED) is 0.361. The molecular formula is C8H14N8O. The lowest BCUT2D eigenvalue weighted by Gasteiger charge is -2.15. The van der Waals surface area contributed by atoms with Crippen LogP contribution in [0.5, 0.6) is 0 Å². The Balaban J connectivity index is 3.13. The molecule has 1 aromatic heterocycles. The molecule has 0 atom stereocenters. The van der Waals surface area contributed by atoms with Crippen LogP contribution in [-0.4, -0.2) is 35.2 Å². The van der Waals surface area contributed by atoms with E-state index >= 15 is 0 Å². The van der Waals surface area contributed by atoms with Gasteiger partial charge in [0.1, 0.15) is 0 Å². The largest absolute Gasteiger partial charge is 0.352 e. The Bertz CT molecular complexity index is 428. The topological polar surface area (TPSA) is 112 Å². The molecule has 17 heavy (non-hydrogen) atoms. The number of anilines is 2. The van der Waals surface area contributed by atoms with Gasteiger partial charge in [-0.1, -0.05) is 0 Å². The van der Waals surface area contributed by atoms with Crippen LogP contribution in [0, 0.1) is 0 Å². The van der Waals surface area contributed by atoms with Crippen molar-refractivity contribution in [1.82, 2.24) is 15.0 Å². The van der Waals surface area contributed by atoms with Crippen molar-refractivity contribution in [2.45, 2.75) is 19.9 Å². The molecule has 92 valence electrons. The van der Waals surface area contributed by atoms with Crippen LogP contribution in [0.3, 0.4) is 0 Å². The molecule has 0 amide bonds. The minimum atomic E-state index is -0.00968. The molecular weight excluding hydrogens is 224 g/mol. The van der Waals surface area contributed by atoms with Crippen molar-refractivity contribution in [2.75, 3.05) is 24.5 Å².